The second-order valence-corrected chi connectivity index (χ2v) is 5.80. The fraction of sp³-hybridized carbons (Fsp3) is 0.412. The van der Waals surface area contributed by atoms with Gasteiger partial charge in [0.25, 0.3) is 0 Å². The number of piperidine rings is 1. The number of benzene rings is 1. The van der Waals surface area contributed by atoms with Crippen molar-refractivity contribution >= 4 is 11.7 Å². The van der Waals surface area contributed by atoms with Crippen molar-refractivity contribution < 1.29 is 14.3 Å². The van der Waals surface area contributed by atoms with Crippen LogP contribution in [-0.4, -0.2) is 48.4 Å². The Balaban J connectivity index is 1.66. The van der Waals surface area contributed by atoms with E-state index in [9.17, 15) is 4.79 Å². The number of aromatic amines is 1. The number of rotatable bonds is 4. The molecule has 1 aliphatic heterocycles. The molecule has 1 saturated heterocycles. The van der Waals surface area contributed by atoms with E-state index in [4.69, 9.17) is 9.47 Å². The maximum atomic E-state index is 12.6. The minimum Gasteiger partial charge on any atom is -0.493 e. The van der Waals surface area contributed by atoms with E-state index in [0.29, 0.717) is 29.6 Å². The van der Waals surface area contributed by atoms with Crippen molar-refractivity contribution in [2.45, 2.75) is 18.8 Å². The summed E-state index contributed by atoms with van der Waals surface area (Å²) in [5.41, 5.74) is 1.76. The number of carbonyl (C=O) groups excluding carboxylic acids is 1. The van der Waals surface area contributed by atoms with Crippen LogP contribution in [0.3, 0.4) is 0 Å². The lowest BCUT2D eigenvalue weighted by Gasteiger charge is -2.32. The Hall–Kier alpha value is -2.70. The summed E-state index contributed by atoms with van der Waals surface area (Å²) in [6.07, 6.45) is 3.78. The predicted octanol–water partition coefficient (Wildman–Crippen LogP) is 2.84. The molecule has 0 radical (unpaired) electrons. The highest BCUT2D eigenvalue weighted by molar-refractivity contribution is 5.89. The van der Waals surface area contributed by atoms with Crippen LogP contribution < -0.4 is 14.8 Å². The number of hydrogen-bond acceptors (Lipinski definition) is 4. The van der Waals surface area contributed by atoms with Gasteiger partial charge in [0.2, 0.25) is 0 Å². The van der Waals surface area contributed by atoms with Gasteiger partial charge in [0.15, 0.2) is 11.5 Å². The minimum absolute atomic E-state index is 0.105. The van der Waals surface area contributed by atoms with Gasteiger partial charge in [-0.15, -0.1) is 0 Å². The maximum Gasteiger partial charge on any atom is 0.321 e. The quantitative estimate of drug-likeness (QED) is 0.903. The summed E-state index contributed by atoms with van der Waals surface area (Å²) < 4.78 is 10.5. The molecule has 0 aliphatic carbocycles. The molecule has 2 N–H and O–H groups in total. The van der Waals surface area contributed by atoms with Crippen molar-refractivity contribution in [2.75, 3.05) is 32.6 Å². The standard InChI is InChI=1S/C17H22N4O3/c1-23-15-6-5-13(10-16(15)24-2)19-17(22)21-9-3-4-12(11-21)14-7-8-18-20-14/h5-8,10,12H,3-4,9,11H2,1-2H3,(H,18,20)(H,19,22). The zero-order chi connectivity index (χ0) is 16.9. The number of nitrogens with one attached hydrogen (secondary N) is 2. The predicted molar refractivity (Wildman–Crippen MR) is 90.7 cm³/mol. The molecule has 24 heavy (non-hydrogen) atoms. The van der Waals surface area contributed by atoms with Crippen molar-refractivity contribution in [1.29, 1.82) is 0 Å². The molecule has 128 valence electrons. The van der Waals surface area contributed by atoms with Gasteiger partial charge in [-0.25, -0.2) is 4.79 Å². The van der Waals surface area contributed by atoms with E-state index in [1.54, 1.807) is 38.6 Å². The molecule has 2 aromatic rings. The fourth-order valence-electron chi connectivity index (χ4n) is 3.03. The summed E-state index contributed by atoms with van der Waals surface area (Å²) in [7, 11) is 3.16. The third-order valence-electron chi connectivity index (χ3n) is 4.31. The molecule has 0 bridgehead atoms. The number of amides is 2. The molecule has 7 heteroatoms. The molecule has 1 aromatic heterocycles. The van der Waals surface area contributed by atoms with E-state index in [-0.39, 0.29) is 6.03 Å². The van der Waals surface area contributed by atoms with Crippen molar-refractivity contribution in [3.63, 3.8) is 0 Å². The average Bonchev–Trinajstić information content (AvgIpc) is 3.16. The van der Waals surface area contributed by atoms with Crippen LogP contribution in [0.25, 0.3) is 0 Å². The first-order valence-electron chi connectivity index (χ1n) is 7.98. The molecule has 7 nitrogen and oxygen atoms in total. The summed E-state index contributed by atoms with van der Waals surface area (Å²) in [6.45, 7) is 1.44. The van der Waals surface area contributed by atoms with Gasteiger partial charge in [0, 0.05) is 42.7 Å². The van der Waals surface area contributed by atoms with E-state index in [1.165, 1.54) is 0 Å². The molecule has 0 spiro atoms. The van der Waals surface area contributed by atoms with E-state index < -0.39 is 0 Å². The van der Waals surface area contributed by atoms with Crippen molar-refractivity contribution in [3.8, 4) is 11.5 Å². The Morgan fingerprint density at radius 2 is 2.12 bits per heavy atom. The first kappa shape index (κ1) is 16.2. The van der Waals surface area contributed by atoms with Gasteiger partial charge >= 0.3 is 6.03 Å². The monoisotopic (exact) mass is 330 g/mol. The molecule has 1 aromatic carbocycles. The van der Waals surface area contributed by atoms with Gasteiger partial charge in [0.05, 0.1) is 14.2 Å². The van der Waals surface area contributed by atoms with Crippen LogP contribution in [0.5, 0.6) is 11.5 Å². The molecule has 2 heterocycles. The topological polar surface area (TPSA) is 79.5 Å². The summed E-state index contributed by atoms with van der Waals surface area (Å²) in [4.78, 5) is 14.4. The lowest BCUT2D eigenvalue weighted by Crippen LogP contribution is -2.41. The largest absolute Gasteiger partial charge is 0.493 e. The molecule has 1 atom stereocenters. The third-order valence-corrected chi connectivity index (χ3v) is 4.31. The number of H-pyrrole nitrogens is 1. The summed E-state index contributed by atoms with van der Waals surface area (Å²) in [6, 6.07) is 7.20. The number of aromatic nitrogens is 2. The summed E-state index contributed by atoms with van der Waals surface area (Å²) >= 11 is 0. The van der Waals surface area contributed by atoms with Crippen molar-refractivity contribution in [3.05, 3.63) is 36.2 Å². The summed E-state index contributed by atoms with van der Waals surface area (Å²) in [5, 5.41) is 9.93. The molecule has 1 aliphatic rings. The smallest absolute Gasteiger partial charge is 0.321 e. The molecular weight excluding hydrogens is 308 g/mol. The molecular formula is C17H22N4O3. The van der Waals surface area contributed by atoms with Gasteiger partial charge in [-0.2, -0.15) is 5.10 Å². The van der Waals surface area contributed by atoms with E-state index in [1.807, 2.05) is 11.0 Å². The van der Waals surface area contributed by atoms with E-state index in [2.05, 4.69) is 15.5 Å². The molecule has 3 rings (SSSR count). The zero-order valence-electron chi connectivity index (χ0n) is 13.9. The SMILES string of the molecule is COc1ccc(NC(=O)N2CCCC(c3ccn[nH]3)C2)cc1OC. The van der Waals surface area contributed by atoms with Crippen LogP contribution in [0, 0.1) is 0 Å². The normalized spacial score (nSPS) is 17.4. The zero-order valence-corrected chi connectivity index (χ0v) is 13.9. The highest BCUT2D eigenvalue weighted by Gasteiger charge is 2.25. The van der Waals surface area contributed by atoms with Gasteiger partial charge in [-0.1, -0.05) is 0 Å². The molecule has 0 saturated carbocycles. The molecule has 1 unspecified atom stereocenters. The van der Waals surface area contributed by atoms with Crippen molar-refractivity contribution in [1.82, 2.24) is 15.1 Å². The highest BCUT2D eigenvalue weighted by atomic mass is 16.5. The van der Waals surface area contributed by atoms with Crippen molar-refractivity contribution in [2.24, 2.45) is 0 Å². The first-order chi connectivity index (χ1) is 11.7. The number of anilines is 1. The van der Waals surface area contributed by atoms with Crippen LogP contribution in [-0.2, 0) is 0 Å². The van der Waals surface area contributed by atoms with Gasteiger partial charge in [-0.05, 0) is 31.0 Å². The number of ether oxygens (including phenoxy) is 2. The fourth-order valence-corrected chi connectivity index (χ4v) is 3.03. The second-order valence-electron chi connectivity index (χ2n) is 5.80. The van der Waals surface area contributed by atoms with Crippen LogP contribution in [0.1, 0.15) is 24.5 Å². The Bertz CT molecular complexity index is 687. The first-order valence-corrected chi connectivity index (χ1v) is 7.98. The lowest BCUT2D eigenvalue weighted by molar-refractivity contribution is 0.192. The number of carbonyl (C=O) groups is 1. The summed E-state index contributed by atoms with van der Waals surface area (Å²) in [5.74, 6) is 1.52. The highest BCUT2D eigenvalue weighted by Crippen LogP contribution is 2.30. The minimum atomic E-state index is -0.105. The average molecular weight is 330 g/mol. The molecule has 2 amide bonds. The Morgan fingerprint density at radius 1 is 1.29 bits per heavy atom. The maximum absolute atomic E-state index is 12.6. The second kappa shape index (κ2) is 7.25. The third kappa shape index (κ3) is 3.45. The number of nitrogens with zero attached hydrogens (tertiary/aromatic N) is 2. The van der Waals surface area contributed by atoms with E-state index in [0.717, 1.165) is 25.1 Å². The molecule has 1 fully saturated rings. The number of urea groups is 1. The van der Waals surface area contributed by atoms with Crippen LogP contribution in [0.15, 0.2) is 30.5 Å². The Kier molecular flexibility index (Phi) is 4.88. The van der Waals surface area contributed by atoms with Crippen LogP contribution in [0.4, 0.5) is 10.5 Å². The van der Waals surface area contributed by atoms with E-state index >= 15 is 0 Å². The van der Waals surface area contributed by atoms with Gasteiger partial charge in [0.1, 0.15) is 0 Å². The number of hydrogen-bond donors (Lipinski definition) is 2. The van der Waals surface area contributed by atoms with Gasteiger partial charge < -0.3 is 19.7 Å². The van der Waals surface area contributed by atoms with Crippen LogP contribution >= 0.6 is 0 Å². The number of likely N-dealkylation sites (tertiary alicyclic amines) is 1. The van der Waals surface area contributed by atoms with Gasteiger partial charge in [-0.3, -0.25) is 5.10 Å². The lowest BCUT2D eigenvalue weighted by atomic mass is 9.95. The van der Waals surface area contributed by atoms with Crippen LogP contribution in [0.2, 0.25) is 0 Å². The Labute approximate surface area is 140 Å². The Morgan fingerprint density at radius 3 is 2.83 bits per heavy atom. The number of methoxy groups -OCH3 is 2.